The van der Waals surface area contributed by atoms with Crippen LogP contribution in [-0.4, -0.2) is 16.7 Å². The monoisotopic (exact) mass is 336 g/mol. The molecule has 0 aliphatic heterocycles. The second kappa shape index (κ2) is 7.89. The molecule has 1 aliphatic rings. The summed E-state index contributed by atoms with van der Waals surface area (Å²) in [5, 5.41) is 12.9. The summed E-state index contributed by atoms with van der Waals surface area (Å²) in [6.07, 6.45) is 4.72. The fraction of sp³-hybridized carbons (Fsp3) is 0.529. The number of hydrogen-bond donors (Lipinski definition) is 1. The highest BCUT2D eigenvalue weighted by atomic mass is 35.5. The molecule has 1 fully saturated rings. The summed E-state index contributed by atoms with van der Waals surface area (Å²) in [5.74, 6) is 0.716. The quantitative estimate of drug-likeness (QED) is 0.871. The van der Waals surface area contributed by atoms with Crippen molar-refractivity contribution in [1.29, 1.82) is 5.26 Å². The van der Waals surface area contributed by atoms with Gasteiger partial charge in [0.05, 0.1) is 11.3 Å². The Morgan fingerprint density at radius 2 is 2.00 bits per heavy atom. The molecule has 1 saturated carbocycles. The van der Waals surface area contributed by atoms with Crippen LogP contribution in [0.1, 0.15) is 44.6 Å². The van der Waals surface area contributed by atoms with Gasteiger partial charge in [0.15, 0.2) is 0 Å². The molecular weight excluding hydrogens is 316 g/mol. The van der Waals surface area contributed by atoms with Gasteiger partial charge in [0, 0.05) is 10.8 Å². The SMILES string of the molecule is CC(SCc1ccc(Cl)cc1)C(=O)NC1(C#N)CCCCC1. The molecule has 22 heavy (non-hydrogen) atoms. The van der Waals surface area contributed by atoms with Gasteiger partial charge in [-0.15, -0.1) is 11.8 Å². The van der Waals surface area contributed by atoms with Crippen molar-refractivity contribution in [2.24, 2.45) is 0 Å². The van der Waals surface area contributed by atoms with E-state index in [0.717, 1.165) is 43.4 Å². The van der Waals surface area contributed by atoms with Crippen molar-refractivity contribution >= 4 is 29.3 Å². The maximum absolute atomic E-state index is 12.3. The zero-order valence-electron chi connectivity index (χ0n) is 12.8. The van der Waals surface area contributed by atoms with Crippen LogP contribution in [0.2, 0.25) is 5.02 Å². The standard InChI is InChI=1S/C17H21ClN2OS/c1-13(22-11-14-5-7-15(18)8-6-14)16(21)20-17(12-19)9-3-2-4-10-17/h5-8,13H,2-4,9-11H2,1H3,(H,20,21). The van der Waals surface area contributed by atoms with Crippen LogP contribution in [0.3, 0.4) is 0 Å². The van der Waals surface area contributed by atoms with Crippen LogP contribution in [0.15, 0.2) is 24.3 Å². The van der Waals surface area contributed by atoms with E-state index in [-0.39, 0.29) is 11.2 Å². The molecule has 1 N–H and O–H groups in total. The highest BCUT2D eigenvalue weighted by molar-refractivity contribution is 7.99. The third-order valence-corrected chi connectivity index (χ3v) is 5.53. The summed E-state index contributed by atoms with van der Waals surface area (Å²) >= 11 is 7.44. The Morgan fingerprint density at radius 1 is 1.36 bits per heavy atom. The summed E-state index contributed by atoms with van der Waals surface area (Å²) in [7, 11) is 0. The van der Waals surface area contributed by atoms with Gasteiger partial charge >= 0.3 is 0 Å². The van der Waals surface area contributed by atoms with Crippen molar-refractivity contribution in [3.63, 3.8) is 0 Å². The van der Waals surface area contributed by atoms with E-state index >= 15 is 0 Å². The smallest absolute Gasteiger partial charge is 0.234 e. The molecule has 118 valence electrons. The van der Waals surface area contributed by atoms with E-state index in [0.29, 0.717) is 5.02 Å². The van der Waals surface area contributed by atoms with Crippen LogP contribution in [0.25, 0.3) is 0 Å². The van der Waals surface area contributed by atoms with E-state index in [1.807, 2.05) is 31.2 Å². The van der Waals surface area contributed by atoms with Gasteiger partial charge in [-0.2, -0.15) is 5.26 Å². The molecule has 0 aromatic heterocycles. The van der Waals surface area contributed by atoms with Crippen LogP contribution in [0.5, 0.6) is 0 Å². The lowest BCUT2D eigenvalue weighted by molar-refractivity contribution is -0.121. The van der Waals surface area contributed by atoms with Gasteiger partial charge in [-0.25, -0.2) is 0 Å². The maximum atomic E-state index is 12.3. The first-order valence-corrected chi connectivity index (χ1v) is 9.07. The number of nitrogens with zero attached hydrogens (tertiary/aromatic N) is 1. The number of nitrogens with one attached hydrogen (secondary N) is 1. The zero-order valence-corrected chi connectivity index (χ0v) is 14.3. The summed E-state index contributed by atoms with van der Waals surface area (Å²) in [6, 6.07) is 9.98. The lowest BCUT2D eigenvalue weighted by Crippen LogP contribution is -2.50. The molecule has 3 nitrogen and oxygen atoms in total. The second-order valence-electron chi connectivity index (χ2n) is 5.82. The first kappa shape index (κ1) is 17.2. The second-order valence-corrected chi connectivity index (χ2v) is 7.59. The molecular formula is C17H21ClN2OS. The van der Waals surface area contributed by atoms with Gasteiger partial charge in [0.1, 0.15) is 5.54 Å². The van der Waals surface area contributed by atoms with E-state index < -0.39 is 5.54 Å². The van der Waals surface area contributed by atoms with Crippen LogP contribution < -0.4 is 5.32 Å². The molecule has 2 rings (SSSR count). The molecule has 1 unspecified atom stereocenters. The Balaban J connectivity index is 1.86. The minimum Gasteiger partial charge on any atom is -0.337 e. The number of benzene rings is 1. The molecule has 0 saturated heterocycles. The average molecular weight is 337 g/mol. The molecule has 1 atom stereocenters. The van der Waals surface area contributed by atoms with Crippen molar-refractivity contribution in [3.05, 3.63) is 34.9 Å². The minimum atomic E-state index is -0.648. The van der Waals surface area contributed by atoms with Crippen LogP contribution in [-0.2, 0) is 10.5 Å². The van der Waals surface area contributed by atoms with Crippen molar-refractivity contribution < 1.29 is 4.79 Å². The number of nitriles is 1. The highest BCUT2D eigenvalue weighted by Crippen LogP contribution is 2.28. The predicted molar refractivity (Wildman–Crippen MR) is 91.8 cm³/mol. The number of halogens is 1. The summed E-state index contributed by atoms with van der Waals surface area (Å²) in [6.45, 7) is 1.89. The third kappa shape index (κ3) is 4.66. The molecule has 1 aromatic rings. The van der Waals surface area contributed by atoms with Crippen molar-refractivity contribution in [2.75, 3.05) is 0 Å². The van der Waals surface area contributed by atoms with Gasteiger partial charge in [0.25, 0.3) is 0 Å². The largest absolute Gasteiger partial charge is 0.337 e. The van der Waals surface area contributed by atoms with Gasteiger partial charge in [0.2, 0.25) is 5.91 Å². The van der Waals surface area contributed by atoms with Gasteiger partial charge in [-0.05, 0) is 37.5 Å². The van der Waals surface area contributed by atoms with Gasteiger partial charge in [-0.3, -0.25) is 4.79 Å². The molecule has 0 radical (unpaired) electrons. The van der Waals surface area contributed by atoms with Crippen LogP contribution >= 0.6 is 23.4 Å². The van der Waals surface area contributed by atoms with E-state index in [4.69, 9.17) is 11.6 Å². The first-order chi connectivity index (χ1) is 10.5. The number of hydrogen-bond acceptors (Lipinski definition) is 3. The van der Waals surface area contributed by atoms with E-state index in [2.05, 4.69) is 11.4 Å². The third-order valence-electron chi connectivity index (χ3n) is 4.07. The van der Waals surface area contributed by atoms with Crippen LogP contribution in [0.4, 0.5) is 0 Å². The number of carbonyl (C=O) groups excluding carboxylic acids is 1. The molecule has 0 bridgehead atoms. The fourth-order valence-electron chi connectivity index (χ4n) is 2.64. The molecule has 0 heterocycles. The Labute approximate surface area is 141 Å². The Kier molecular flexibility index (Phi) is 6.16. The van der Waals surface area contributed by atoms with Crippen molar-refractivity contribution in [1.82, 2.24) is 5.32 Å². The average Bonchev–Trinajstić information content (AvgIpc) is 2.55. The predicted octanol–water partition coefficient (Wildman–Crippen LogP) is 4.30. The molecule has 1 aliphatic carbocycles. The lowest BCUT2D eigenvalue weighted by atomic mass is 9.83. The number of thioether (sulfide) groups is 1. The summed E-state index contributed by atoms with van der Waals surface area (Å²) < 4.78 is 0. The van der Waals surface area contributed by atoms with E-state index in [9.17, 15) is 10.1 Å². The topological polar surface area (TPSA) is 52.9 Å². The van der Waals surface area contributed by atoms with Gasteiger partial charge < -0.3 is 5.32 Å². The van der Waals surface area contributed by atoms with Crippen LogP contribution in [0, 0.1) is 11.3 Å². The van der Waals surface area contributed by atoms with E-state index in [1.165, 1.54) is 0 Å². The lowest BCUT2D eigenvalue weighted by Gasteiger charge is -2.32. The summed E-state index contributed by atoms with van der Waals surface area (Å²) in [5.41, 5.74) is 0.492. The number of rotatable bonds is 5. The number of carbonyl (C=O) groups is 1. The zero-order chi connectivity index (χ0) is 16.0. The maximum Gasteiger partial charge on any atom is 0.234 e. The normalized spacial score (nSPS) is 18.2. The Hall–Kier alpha value is -1.18. The van der Waals surface area contributed by atoms with E-state index in [1.54, 1.807) is 11.8 Å². The van der Waals surface area contributed by atoms with Gasteiger partial charge in [-0.1, -0.05) is 43.0 Å². The first-order valence-electron chi connectivity index (χ1n) is 7.64. The number of amides is 1. The Bertz CT molecular complexity index is 547. The molecule has 1 amide bonds. The highest BCUT2D eigenvalue weighted by Gasteiger charge is 2.34. The fourth-order valence-corrected chi connectivity index (χ4v) is 3.61. The van der Waals surface area contributed by atoms with Crippen molar-refractivity contribution in [3.8, 4) is 6.07 Å². The molecule has 5 heteroatoms. The Morgan fingerprint density at radius 3 is 2.59 bits per heavy atom. The summed E-state index contributed by atoms with van der Waals surface area (Å²) in [4.78, 5) is 12.3. The minimum absolute atomic E-state index is 0.0394. The molecule has 1 aromatic carbocycles. The molecule has 0 spiro atoms. The van der Waals surface area contributed by atoms with Crippen molar-refractivity contribution in [2.45, 2.75) is 55.6 Å².